The Hall–Kier alpha value is -2.67. The SMILES string of the molecule is CC(C)(Cc1ccccc1)C(O)CCN1C(=O)NC(=O)C1C/C=C\CCCC(=O)O. The monoisotopic (exact) mass is 416 g/mol. The van der Waals surface area contributed by atoms with Gasteiger partial charge in [-0.25, -0.2) is 4.79 Å². The van der Waals surface area contributed by atoms with Crippen LogP contribution in [0.3, 0.4) is 0 Å². The molecular weight excluding hydrogens is 384 g/mol. The second-order valence-electron chi connectivity index (χ2n) is 8.45. The Labute approximate surface area is 177 Å². The molecule has 1 aromatic carbocycles. The lowest BCUT2D eigenvalue weighted by atomic mass is 9.79. The van der Waals surface area contributed by atoms with E-state index in [2.05, 4.69) is 5.32 Å². The average Bonchev–Trinajstić information content (AvgIpc) is 2.95. The van der Waals surface area contributed by atoms with Gasteiger partial charge in [-0.3, -0.25) is 14.9 Å². The highest BCUT2D eigenvalue weighted by molar-refractivity contribution is 6.04. The Morgan fingerprint density at radius 1 is 1.23 bits per heavy atom. The summed E-state index contributed by atoms with van der Waals surface area (Å²) in [5, 5.41) is 21.7. The molecule has 1 aromatic rings. The van der Waals surface area contributed by atoms with Gasteiger partial charge in [0.15, 0.2) is 0 Å². The maximum absolute atomic E-state index is 12.2. The van der Waals surface area contributed by atoms with Gasteiger partial charge in [-0.05, 0) is 43.1 Å². The van der Waals surface area contributed by atoms with Crippen LogP contribution < -0.4 is 5.32 Å². The van der Waals surface area contributed by atoms with E-state index in [1.807, 2.05) is 56.3 Å². The molecule has 1 fully saturated rings. The minimum atomic E-state index is -0.830. The fourth-order valence-corrected chi connectivity index (χ4v) is 3.64. The van der Waals surface area contributed by atoms with E-state index in [1.165, 1.54) is 4.90 Å². The fourth-order valence-electron chi connectivity index (χ4n) is 3.64. The summed E-state index contributed by atoms with van der Waals surface area (Å²) >= 11 is 0. The molecule has 3 amide bonds. The van der Waals surface area contributed by atoms with Crippen LogP contribution in [0.5, 0.6) is 0 Å². The van der Waals surface area contributed by atoms with Crippen molar-refractivity contribution < 1.29 is 24.6 Å². The van der Waals surface area contributed by atoms with E-state index in [0.29, 0.717) is 32.1 Å². The molecule has 0 radical (unpaired) electrons. The number of carbonyl (C=O) groups excluding carboxylic acids is 2. The molecule has 2 unspecified atom stereocenters. The molecule has 2 rings (SSSR count). The Bertz CT molecular complexity index is 760. The molecule has 0 aromatic heterocycles. The molecular formula is C23H32N2O5. The third kappa shape index (κ3) is 6.99. The number of hydrogen-bond donors (Lipinski definition) is 3. The van der Waals surface area contributed by atoms with Crippen molar-refractivity contribution in [3.8, 4) is 0 Å². The van der Waals surface area contributed by atoms with E-state index in [4.69, 9.17) is 5.11 Å². The molecule has 1 saturated heterocycles. The van der Waals surface area contributed by atoms with Crippen LogP contribution in [-0.2, 0) is 16.0 Å². The highest BCUT2D eigenvalue weighted by Gasteiger charge is 2.38. The summed E-state index contributed by atoms with van der Waals surface area (Å²) in [7, 11) is 0. The Morgan fingerprint density at radius 2 is 1.93 bits per heavy atom. The number of amides is 3. The molecule has 30 heavy (non-hydrogen) atoms. The first-order valence-electron chi connectivity index (χ1n) is 10.4. The van der Waals surface area contributed by atoms with Crippen molar-refractivity contribution in [2.24, 2.45) is 5.41 Å². The standard InChI is InChI=1S/C23H32N2O5/c1-23(2,16-17-10-6-5-7-11-17)19(26)14-15-25-18(21(29)24-22(25)30)12-8-3-4-9-13-20(27)28/h3,5-8,10-11,18-19,26H,4,9,12-16H2,1-2H3,(H,27,28)(H,24,29,30)/b8-3-. The first-order chi connectivity index (χ1) is 14.2. The van der Waals surface area contributed by atoms with Gasteiger partial charge in [0.25, 0.3) is 5.91 Å². The van der Waals surface area contributed by atoms with Crippen LogP contribution in [0.4, 0.5) is 4.79 Å². The van der Waals surface area contributed by atoms with Crippen molar-refractivity contribution in [1.29, 1.82) is 0 Å². The lowest BCUT2D eigenvalue weighted by molar-refractivity contribution is -0.137. The zero-order chi connectivity index (χ0) is 22.1. The number of rotatable bonds is 12. The van der Waals surface area contributed by atoms with E-state index < -0.39 is 24.1 Å². The lowest BCUT2D eigenvalue weighted by Crippen LogP contribution is -2.40. The number of hydrogen-bond acceptors (Lipinski definition) is 4. The molecule has 3 N–H and O–H groups in total. The van der Waals surface area contributed by atoms with Crippen molar-refractivity contribution in [3.63, 3.8) is 0 Å². The van der Waals surface area contributed by atoms with Gasteiger partial charge < -0.3 is 15.1 Å². The molecule has 0 saturated carbocycles. The van der Waals surface area contributed by atoms with E-state index >= 15 is 0 Å². The third-order valence-corrected chi connectivity index (χ3v) is 5.51. The first-order valence-corrected chi connectivity index (χ1v) is 10.4. The lowest BCUT2D eigenvalue weighted by Gasteiger charge is -2.32. The molecule has 0 aliphatic carbocycles. The number of carbonyl (C=O) groups is 3. The summed E-state index contributed by atoms with van der Waals surface area (Å²) in [6.07, 6.45) is 5.73. The number of carboxylic acid groups (broad SMARTS) is 1. The zero-order valence-corrected chi connectivity index (χ0v) is 17.7. The number of aliphatic carboxylic acids is 1. The number of nitrogens with one attached hydrogen (secondary N) is 1. The summed E-state index contributed by atoms with van der Waals surface area (Å²) in [5.74, 6) is -1.17. The molecule has 1 aliphatic heterocycles. The van der Waals surface area contributed by atoms with Gasteiger partial charge in [-0.1, -0.05) is 56.3 Å². The second kappa shape index (κ2) is 10.9. The quantitative estimate of drug-likeness (QED) is 0.276. The van der Waals surface area contributed by atoms with Crippen LogP contribution in [0.15, 0.2) is 42.5 Å². The summed E-state index contributed by atoms with van der Waals surface area (Å²) in [5.41, 5.74) is 0.766. The van der Waals surface area contributed by atoms with E-state index in [-0.39, 0.29) is 24.3 Å². The van der Waals surface area contributed by atoms with Gasteiger partial charge >= 0.3 is 12.0 Å². The fraction of sp³-hybridized carbons (Fsp3) is 0.522. The van der Waals surface area contributed by atoms with E-state index in [9.17, 15) is 19.5 Å². The van der Waals surface area contributed by atoms with Crippen molar-refractivity contribution in [2.75, 3.05) is 6.54 Å². The summed E-state index contributed by atoms with van der Waals surface area (Å²) < 4.78 is 0. The summed E-state index contributed by atoms with van der Waals surface area (Å²) in [6, 6.07) is 8.92. The van der Waals surface area contributed by atoms with Gasteiger partial charge in [-0.2, -0.15) is 0 Å². The minimum absolute atomic E-state index is 0.107. The molecule has 164 valence electrons. The predicted octanol–water partition coefficient (Wildman–Crippen LogP) is 3.13. The van der Waals surface area contributed by atoms with Gasteiger partial charge in [0.2, 0.25) is 0 Å². The van der Waals surface area contributed by atoms with Crippen LogP contribution in [0.25, 0.3) is 0 Å². The molecule has 2 atom stereocenters. The van der Waals surface area contributed by atoms with Crippen LogP contribution >= 0.6 is 0 Å². The number of imide groups is 1. The number of unbranched alkanes of at least 4 members (excludes halogenated alkanes) is 1. The normalized spacial score (nSPS) is 18.1. The highest BCUT2D eigenvalue weighted by atomic mass is 16.4. The third-order valence-electron chi connectivity index (χ3n) is 5.51. The number of aliphatic hydroxyl groups is 1. The minimum Gasteiger partial charge on any atom is -0.481 e. The number of allylic oxidation sites excluding steroid dienone is 1. The number of carboxylic acids is 1. The van der Waals surface area contributed by atoms with Crippen molar-refractivity contribution >= 4 is 17.9 Å². The topological polar surface area (TPSA) is 107 Å². The molecule has 7 nitrogen and oxygen atoms in total. The largest absolute Gasteiger partial charge is 0.481 e. The number of aliphatic hydroxyl groups excluding tert-OH is 1. The number of urea groups is 1. The van der Waals surface area contributed by atoms with Crippen molar-refractivity contribution in [1.82, 2.24) is 10.2 Å². The zero-order valence-electron chi connectivity index (χ0n) is 17.7. The number of benzene rings is 1. The smallest absolute Gasteiger partial charge is 0.324 e. The van der Waals surface area contributed by atoms with Gasteiger partial charge in [0.05, 0.1) is 6.10 Å². The van der Waals surface area contributed by atoms with Crippen LogP contribution in [0, 0.1) is 5.41 Å². The Balaban J connectivity index is 1.87. The van der Waals surface area contributed by atoms with Crippen LogP contribution in [-0.4, -0.2) is 51.7 Å². The van der Waals surface area contributed by atoms with Gasteiger partial charge in [0, 0.05) is 13.0 Å². The Kier molecular flexibility index (Phi) is 8.59. The van der Waals surface area contributed by atoms with E-state index in [0.717, 1.165) is 5.56 Å². The second-order valence-corrected chi connectivity index (χ2v) is 8.45. The Morgan fingerprint density at radius 3 is 2.60 bits per heavy atom. The van der Waals surface area contributed by atoms with Crippen LogP contribution in [0.1, 0.15) is 51.5 Å². The van der Waals surface area contributed by atoms with Gasteiger partial charge in [-0.15, -0.1) is 0 Å². The highest BCUT2D eigenvalue weighted by Crippen LogP contribution is 2.29. The maximum atomic E-state index is 12.2. The first kappa shape index (κ1) is 23.6. The summed E-state index contributed by atoms with van der Waals surface area (Å²) in [4.78, 5) is 36.3. The maximum Gasteiger partial charge on any atom is 0.324 e. The molecule has 1 heterocycles. The number of nitrogens with zero attached hydrogens (tertiary/aromatic N) is 1. The molecule has 0 bridgehead atoms. The van der Waals surface area contributed by atoms with Gasteiger partial charge in [0.1, 0.15) is 6.04 Å². The average molecular weight is 417 g/mol. The van der Waals surface area contributed by atoms with Crippen molar-refractivity contribution in [2.45, 2.75) is 64.5 Å². The molecule has 7 heteroatoms. The van der Waals surface area contributed by atoms with Crippen molar-refractivity contribution in [3.05, 3.63) is 48.0 Å². The predicted molar refractivity (Wildman–Crippen MR) is 114 cm³/mol. The molecule has 1 aliphatic rings. The molecule has 0 spiro atoms. The van der Waals surface area contributed by atoms with Crippen LogP contribution in [0.2, 0.25) is 0 Å². The van der Waals surface area contributed by atoms with E-state index in [1.54, 1.807) is 0 Å². The summed E-state index contributed by atoms with van der Waals surface area (Å²) in [6.45, 7) is 4.28.